The van der Waals surface area contributed by atoms with E-state index in [1.807, 2.05) is 30.3 Å². The minimum atomic E-state index is -1.36. The van der Waals surface area contributed by atoms with Gasteiger partial charge < -0.3 is 9.84 Å². The summed E-state index contributed by atoms with van der Waals surface area (Å²) in [5, 5.41) is 16.4. The highest BCUT2D eigenvalue weighted by Crippen LogP contribution is 2.27. The van der Waals surface area contributed by atoms with E-state index in [4.69, 9.17) is 16.3 Å². The number of rotatable bonds is 6. The Morgan fingerprint density at radius 3 is 2.36 bits per heavy atom. The van der Waals surface area contributed by atoms with Gasteiger partial charge in [0.1, 0.15) is 5.75 Å². The van der Waals surface area contributed by atoms with Crippen LogP contribution in [0.1, 0.15) is 27.6 Å². The topological polar surface area (TPSA) is 88.0 Å². The Bertz CT molecular complexity index is 1320. The zero-order chi connectivity index (χ0) is 23.2. The van der Waals surface area contributed by atoms with Crippen molar-refractivity contribution < 1.29 is 19.4 Å². The standard InChI is InChI=1S/C26H19ClN2O4/c27-20-13-10-19(11-14-20)26(32)33-23-15-12-17-6-4-5-9-21(17)22(23)16-28-29-25(31)24(30)18-7-2-1-3-8-18/h1-16,24,30H,(H,29,31)/b28-16-/t24-/m0/s1. The lowest BCUT2D eigenvalue weighted by atomic mass is 10.0. The van der Waals surface area contributed by atoms with Gasteiger partial charge >= 0.3 is 5.97 Å². The molecule has 0 bridgehead atoms. The first-order chi connectivity index (χ1) is 16.0. The number of carbonyl (C=O) groups excluding carboxylic acids is 2. The normalized spacial score (nSPS) is 11.9. The highest BCUT2D eigenvalue weighted by molar-refractivity contribution is 6.30. The van der Waals surface area contributed by atoms with Crippen LogP contribution in [0.3, 0.4) is 0 Å². The van der Waals surface area contributed by atoms with Crippen LogP contribution >= 0.6 is 11.6 Å². The van der Waals surface area contributed by atoms with Crippen molar-refractivity contribution in [1.29, 1.82) is 0 Å². The van der Waals surface area contributed by atoms with E-state index in [2.05, 4.69) is 10.5 Å². The Hall–Kier alpha value is -4.00. The molecule has 0 heterocycles. The van der Waals surface area contributed by atoms with Crippen molar-refractivity contribution in [3.05, 3.63) is 113 Å². The van der Waals surface area contributed by atoms with Gasteiger partial charge in [-0.15, -0.1) is 0 Å². The van der Waals surface area contributed by atoms with E-state index >= 15 is 0 Å². The van der Waals surface area contributed by atoms with Gasteiger partial charge in [-0.2, -0.15) is 5.10 Å². The van der Waals surface area contributed by atoms with E-state index in [1.54, 1.807) is 60.7 Å². The van der Waals surface area contributed by atoms with E-state index in [0.717, 1.165) is 10.8 Å². The van der Waals surface area contributed by atoms with Crippen molar-refractivity contribution in [2.24, 2.45) is 5.10 Å². The molecule has 0 aliphatic heterocycles. The summed E-state index contributed by atoms with van der Waals surface area (Å²) in [5.74, 6) is -0.965. The third kappa shape index (κ3) is 5.26. The van der Waals surface area contributed by atoms with E-state index in [1.165, 1.54) is 6.21 Å². The van der Waals surface area contributed by atoms with Crippen LogP contribution in [-0.4, -0.2) is 23.2 Å². The molecule has 4 rings (SSSR count). The average Bonchev–Trinajstić information content (AvgIpc) is 2.85. The summed E-state index contributed by atoms with van der Waals surface area (Å²) in [5.41, 5.74) is 3.64. The molecular formula is C26H19ClN2O4. The molecule has 0 radical (unpaired) electrons. The lowest BCUT2D eigenvalue weighted by Crippen LogP contribution is -2.25. The highest BCUT2D eigenvalue weighted by Gasteiger charge is 2.17. The van der Waals surface area contributed by atoms with Crippen LogP contribution in [0.15, 0.2) is 96.1 Å². The fourth-order valence-corrected chi connectivity index (χ4v) is 3.38. The minimum absolute atomic E-state index is 0.273. The number of benzene rings is 4. The van der Waals surface area contributed by atoms with Crippen molar-refractivity contribution in [2.45, 2.75) is 6.10 Å². The fraction of sp³-hybridized carbons (Fsp3) is 0.0385. The van der Waals surface area contributed by atoms with Gasteiger partial charge in [-0.05, 0) is 46.7 Å². The molecule has 0 saturated carbocycles. The lowest BCUT2D eigenvalue weighted by Gasteiger charge is -2.11. The molecule has 7 heteroatoms. The number of esters is 1. The minimum Gasteiger partial charge on any atom is -0.422 e. The zero-order valence-corrected chi connectivity index (χ0v) is 18.1. The molecule has 0 aliphatic carbocycles. The average molecular weight is 459 g/mol. The zero-order valence-electron chi connectivity index (χ0n) is 17.3. The second-order valence-electron chi connectivity index (χ2n) is 7.14. The number of carbonyl (C=O) groups is 2. The summed E-state index contributed by atoms with van der Waals surface area (Å²) in [6.07, 6.45) is 0.0284. The smallest absolute Gasteiger partial charge is 0.343 e. The van der Waals surface area contributed by atoms with E-state index in [-0.39, 0.29) is 5.75 Å². The number of fused-ring (bicyclic) bond motifs is 1. The number of ether oxygens (including phenoxy) is 1. The van der Waals surface area contributed by atoms with Crippen molar-refractivity contribution >= 4 is 40.5 Å². The quantitative estimate of drug-likeness (QED) is 0.186. The molecule has 4 aromatic carbocycles. The van der Waals surface area contributed by atoms with Crippen LogP contribution in [0.4, 0.5) is 0 Å². The number of hydrogen-bond acceptors (Lipinski definition) is 5. The molecular weight excluding hydrogens is 440 g/mol. The Morgan fingerprint density at radius 2 is 1.61 bits per heavy atom. The van der Waals surface area contributed by atoms with Gasteiger partial charge in [0.15, 0.2) is 6.10 Å². The number of hydrogen-bond donors (Lipinski definition) is 2. The Labute approximate surface area is 195 Å². The summed E-state index contributed by atoms with van der Waals surface area (Å²) in [4.78, 5) is 24.9. The summed E-state index contributed by atoms with van der Waals surface area (Å²) in [7, 11) is 0. The van der Waals surface area contributed by atoms with Crippen molar-refractivity contribution in [2.75, 3.05) is 0 Å². The molecule has 0 aliphatic rings. The molecule has 2 N–H and O–H groups in total. The van der Waals surface area contributed by atoms with Crippen LogP contribution in [0.2, 0.25) is 5.02 Å². The Morgan fingerprint density at radius 1 is 0.909 bits per heavy atom. The maximum atomic E-state index is 12.6. The Kier molecular flexibility index (Phi) is 6.78. The van der Waals surface area contributed by atoms with Gasteiger partial charge in [0.25, 0.3) is 5.91 Å². The third-order valence-electron chi connectivity index (χ3n) is 4.95. The first-order valence-electron chi connectivity index (χ1n) is 10.1. The van der Waals surface area contributed by atoms with Gasteiger partial charge in [-0.1, -0.05) is 72.3 Å². The van der Waals surface area contributed by atoms with E-state index in [0.29, 0.717) is 21.7 Å². The van der Waals surface area contributed by atoms with Gasteiger partial charge in [-0.3, -0.25) is 4.79 Å². The summed E-state index contributed by atoms with van der Waals surface area (Å²) < 4.78 is 5.62. The highest BCUT2D eigenvalue weighted by atomic mass is 35.5. The van der Waals surface area contributed by atoms with Crippen LogP contribution in [0.5, 0.6) is 5.75 Å². The molecule has 1 amide bonds. The molecule has 1 atom stereocenters. The monoisotopic (exact) mass is 458 g/mol. The largest absolute Gasteiger partial charge is 0.422 e. The number of halogens is 1. The van der Waals surface area contributed by atoms with Crippen LogP contribution < -0.4 is 10.2 Å². The molecule has 164 valence electrons. The number of aliphatic hydroxyl groups excluding tert-OH is 1. The molecule has 33 heavy (non-hydrogen) atoms. The fourth-order valence-electron chi connectivity index (χ4n) is 3.25. The first kappa shape index (κ1) is 22.2. The predicted molar refractivity (Wildman–Crippen MR) is 127 cm³/mol. The molecule has 0 unspecified atom stereocenters. The number of nitrogens with one attached hydrogen (secondary N) is 1. The summed E-state index contributed by atoms with van der Waals surface area (Å²) in [6.45, 7) is 0. The summed E-state index contributed by atoms with van der Waals surface area (Å²) in [6, 6.07) is 25.9. The predicted octanol–water partition coefficient (Wildman–Crippen LogP) is 4.90. The number of hydrazone groups is 1. The lowest BCUT2D eigenvalue weighted by molar-refractivity contribution is -0.129. The maximum Gasteiger partial charge on any atom is 0.343 e. The van der Waals surface area contributed by atoms with E-state index in [9.17, 15) is 14.7 Å². The van der Waals surface area contributed by atoms with Crippen molar-refractivity contribution in [3.63, 3.8) is 0 Å². The third-order valence-corrected chi connectivity index (χ3v) is 5.20. The molecule has 6 nitrogen and oxygen atoms in total. The van der Waals surface area contributed by atoms with Crippen molar-refractivity contribution in [3.8, 4) is 5.75 Å². The number of amides is 1. The van der Waals surface area contributed by atoms with Crippen LogP contribution in [0.25, 0.3) is 10.8 Å². The second kappa shape index (κ2) is 10.1. The van der Waals surface area contributed by atoms with Gasteiger partial charge in [0.05, 0.1) is 11.8 Å². The number of nitrogens with zero attached hydrogens (tertiary/aromatic N) is 1. The van der Waals surface area contributed by atoms with Crippen LogP contribution in [0, 0.1) is 0 Å². The SMILES string of the molecule is O=C(Oc1ccc2ccccc2c1/C=N\NC(=O)[C@@H](O)c1ccccc1)c1ccc(Cl)cc1. The molecule has 0 fully saturated rings. The second-order valence-corrected chi connectivity index (χ2v) is 7.58. The molecule has 0 aromatic heterocycles. The van der Waals surface area contributed by atoms with Crippen molar-refractivity contribution in [1.82, 2.24) is 5.43 Å². The van der Waals surface area contributed by atoms with E-state index < -0.39 is 18.0 Å². The molecule has 0 spiro atoms. The van der Waals surface area contributed by atoms with Gasteiger partial charge in [0.2, 0.25) is 0 Å². The van der Waals surface area contributed by atoms with Gasteiger partial charge in [0, 0.05) is 10.6 Å². The number of aliphatic hydroxyl groups is 1. The summed E-state index contributed by atoms with van der Waals surface area (Å²) >= 11 is 5.89. The molecule has 0 saturated heterocycles. The maximum absolute atomic E-state index is 12.6. The molecule has 4 aromatic rings. The first-order valence-corrected chi connectivity index (χ1v) is 10.5. The van der Waals surface area contributed by atoms with Crippen LogP contribution in [-0.2, 0) is 4.79 Å². The Balaban J connectivity index is 1.59. The van der Waals surface area contributed by atoms with Gasteiger partial charge in [-0.25, -0.2) is 10.2 Å².